The summed E-state index contributed by atoms with van der Waals surface area (Å²) in [7, 11) is 1.63. The van der Waals surface area contributed by atoms with E-state index in [-0.39, 0.29) is 11.6 Å². The number of aromatic amines is 1. The summed E-state index contributed by atoms with van der Waals surface area (Å²) in [6, 6.07) is 1.75. The number of aromatic nitrogens is 5. The van der Waals surface area contributed by atoms with E-state index in [0.717, 1.165) is 6.54 Å². The van der Waals surface area contributed by atoms with Crippen molar-refractivity contribution in [2.75, 3.05) is 17.6 Å². The van der Waals surface area contributed by atoms with Crippen LogP contribution in [-0.4, -0.2) is 31.3 Å². The van der Waals surface area contributed by atoms with Crippen molar-refractivity contribution in [1.82, 2.24) is 24.7 Å². The predicted molar refractivity (Wildman–Crippen MR) is 68.6 cm³/mol. The molecule has 9 heteroatoms. The zero-order chi connectivity index (χ0) is 13.1. The van der Waals surface area contributed by atoms with Crippen molar-refractivity contribution in [1.29, 1.82) is 0 Å². The van der Waals surface area contributed by atoms with Gasteiger partial charge in [-0.25, -0.2) is 14.9 Å². The van der Waals surface area contributed by atoms with Crippen LogP contribution in [0.4, 0.5) is 11.8 Å². The Bertz CT molecular complexity index is 605. The van der Waals surface area contributed by atoms with Gasteiger partial charge in [0, 0.05) is 19.7 Å². The van der Waals surface area contributed by atoms with Gasteiger partial charge in [0.05, 0.1) is 0 Å². The summed E-state index contributed by atoms with van der Waals surface area (Å²) in [4.78, 5) is 19.3. The van der Waals surface area contributed by atoms with Gasteiger partial charge >= 0.3 is 5.69 Å². The molecule has 2 rings (SSSR count). The van der Waals surface area contributed by atoms with Crippen LogP contribution in [0.15, 0.2) is 21.0 Å². The van der Waals surface area contributed by atoms with Crippen molar-refractivity contribution < 1.29 is 0 Å². The minimum Gasteiger partial charge on any atom is -0.370 e. The Morgan fingerprint density at radius 3 is 2.94 bits per heavy atom. The van der Waals surface area contributed by atoms with Crippen LogP contribution >= 0.6 is 11.8 Å². The van der Waals surface area contributed by atoms with Crippen molar-refractivity contribution in [2.45, 2.75) is 17.1 Å². The number of nitrogens with two attached hydrogens (primary N) is 1. The fourth-order valence-corrected chi connectivity index (χ4v) is 2.09. The second-order valence-corrected chi connectivity index (χ2v) is 4.44. The molecular formula is C9H13N7OS. The zero-order valence-corrected chi connectivity index (χ0v) is 10.8. The fourth-order valence-electron chi connectivity index (χ4n) is 1.28. The molecule has 0 unspecified atom stereocenters. The van der Waals surface area contributed by atoms with E-state index in [4.69, 9.17) is 5.73 Å². The van der Waals surface area contributed by atoms with Crippen LogP contribution in [0.5, 0.6) is 0 Å². The molecule has 18 heavy (non-hydrogen) atoms. The highest BCUT2D eigenvalue weighted by molar-refractivity contribution is 7.99. The number of H-pyrrole nitrogens is 1. The summed E-state index contributed by atoms with van der Waals surface area (Å²) in [6.45, 7) is 2.70. The van der Waals surface area contributed by atoms with Gasteiger partial charge in [-0.1, -0.05) is 0 Å². The van der Waals surface area contributed by atoms with Gasteiger partial charge in [-0.05, 0) is 18.7 Å². The lowest BCUT2D eigenvalue weighted by Crippen LogP contribution is -2.12. The average Bonchev–Trinajstić information content (AvgIpc) is 2.61. The molecule has 2 heterocycles. The first-order chi connectivity index (χ1) is 8.60. The Kier molecular flexibility index (Phi) is 3.51. The number of hydrogen-bond acceptors (Lipinski definition) is 7. The molecule has 0 aromatic carbocycles. The van der Waals surface area contributed by atoms with E-state index in [1.54, 1.807) is 13.1 Å². The van der Waals surface area contributed by atoms with Gasteiger partial charge < -0.3 is 11.1 Å². The first-order valence-electron chi connectivity index (χ1n) is 5.28. The Morgan fingerprint density at radius 2 is 2.33 bits per heavy atom. The number of rotatable bonds is 4. The summed E-state index contributed by atoms with van der Waals surface area (Å²) in [5.41, 5.74) is 5.34. The fraction of sp³-hybridized carbons (Fsp3) is 0.333. The van der Waals surface area contributed by atoms with Crippen LogP contribution in [-0.2, 0) is 7.05 Å². The summed E-state index contributed by atoms with van der Waals surface area (Å²) in [5, 5.41) is 10.4. The SMILES string of the molecule is CCNc1cc(Sc2n[nH]c(=O)n2C)nc(N)n1. The van der Waals surface area contributed by atoms with Gasteiger partial charge in [0.1, 0.15) is 10.8 Å². The molecule has 0 spiro atoms. The Labute approximate surface area is 107 Å². The molecule has 0 atom stereocenters. The van der Waals surface area contributed by atoms with Crippen molar-refractivity contribution in [2.24, 2.45) is 7.05 Å². The van der Waals surface area contributed by atoms with Crippen molar-refractivity contribution in [3.05, 3.63) is 16.6 Å². The molecule has 0 bridgehead atoms. The van der Waals surface area contributed by atoms with E-state index in [9.17, 15) is 4.79 Å². The molecule has 0 aliphatic carbocycles. The number of nitrogens with one attached hydrogen (secondary N) is 2. The largest absolute Gasteiger partial charge is 0.370 e. The lowest BCUT2D eigenvalue weighted by atomic mass is 10.5. The van der Waals surface area contributed by atoms with Crippen molar-refractivity contribution in [3.8, 4) is 0 Å². The zero-order valence-electron chi connectivity index (χ0n) is 9.97. The predicted octanol–water partition coefficient (Wildman–Crippen LogP) is 0.0636. The van der Waals surface area contributed by atoms with Crippen molar-refractivity contribution in [3.63, 3.8) is 0 Å². The molecule has 0 aliphatic rings. The second kappa shape index (κ2) is 5.08. The van der Waals surface area contributed by atoms with Gasteiger partial charge in [-0.15, -0.1) is 5.10 Å². The van der Waals surface area contributed by atoms with E-state index in [2.05, 4.69) is 25.5 Å². The minimum atomic E-state index is -0.272. The third kappa shape index (κ3) is 2.62. The molecule has 2 aromatic rings. The van der Waals surface area contributed by atoms with Crippen LogP contribution in [0.25, 0.3) is 0 Å². The van der Waals surface area contributed by atoms with E-state index < -0.39 is 0 Å². The van der Waals surface area contributed by atoms with E-state index >= 15 is 0 Å². The normalized spacial score (nSPS) is 10.6. The molecule has 0 aliphatic heterocycles. The Morgan fingerprint density at radius 1 is 1.56 bits per heavy atom. The Balaban J connectivity index is 2.28. The van der Waals surface area contributed by atoms with Crippen molar-refractivity contribution >= 4 is 23.5 Å². The highest BCUT2D eigenvalue weighted by Crippen LogP contribution is 2.24. The molecule has 0 saturated heterocycles. The molecule has 0 saturated carbocycles. The summed E-state index contributed by atoms with van der Waals surface area (Å²) < 4.78 is 1.40. The van der Waals surface area contributed by atoms with Gasteiger partial charge in [-0.2, -0.15) is 4.98 Å². The summed E-state index contributed by atoms with van der Waals surface area (Å²) in [6.07, 6.45) is 0. The molecule has 8 nitrogen and oxygen atoms in total. The topological polar surface area (TPSA) is 115 Å². The average molecular weight is 267 g/mol. The maximum Gasteiger partial charge on any atom is 0.343 e. The number of nitrogen functional groups attached to an aromatic ring is 1. The van der Waals surface area contributed by atoms with Gasteiger partial charge in [0.25, 0.3) is 0 Å². The molecular weight excluding hydrogens is 254 g/mol. The third-order valence-electron chi connectivity index (χ3n) is 2.11. The quantitative estimate of drug-likeness (QED) is 0.671. The molecule has 2 aromatic heterocycles. The van der Waals surface area contributed by atoms with Gasteiger partial charge in [0.15, 0.2) is 5.16 Å². The number of hydrogen-bond donors (Lipinski definition) is 3. The highest BCUT2D eigenvalue weighted by atomic mass is 32.2. The second-order valence-electron chi connectivity index (χ2n) is 3.45. The standard InChI is InChI=1S/C9H13N7OS/c1-3-11-5-4-6(13-7(10)12-5)18-9-15-14-8(17)16(9)2/h4H,3H2,1-2H3,(H,14,17)(H3,10,11,12,13). The molecule has 96 valence electrons. The van der Waals surface area contributed by atoms with Crippen LogP contribution in [0, 0.1) is 0 Å². The van der Waals surface area contributed by atoms with Gasteiger partial charge in [-0.3, -0.25) is 4.57 Å². The summed E-state index contributed by atoms with van der Waals surface area (Å²) >= 11 is 1.24. The van der Waals surface area contributed by atoms with Crippen LogP contribution < -0.4 is 16.7 Å². The summed E-state index contributed by atoms with van der Waals surface area (Å²) in [5.74, 6) is 0.824. The lowest BCUT2D eigenvalue weighted by molar-refractivity contribution is 0.764. The first kappa shape index (κ1) is 12.4. The van der Waals surface area contributed by atoms with Crippen LogP contribution in [0.2, 0.25) is 0 Å². The first-order valence-corrected chi connectivity index (χ1v) is 6.09. The Hall–Kier alpha value is -2.03. The maximum absolute atomic E-state index is 11.2. The lowest BCUT2D eigenvalue weighted by Gasteiger charge is -2.05. The number of nitrogens with zero attached hydrogens (tertiary/aromatic N) is 4. The van der Waals surface area contributed by atoms with Crippen LogP contribution in [0.3, 0.4) is 0 Å². The molecule has 0 fully saturated rings. The number of anilines is 2. The smallest absolute Gasteiger partial charge is 0.343 e. The highest BCUT2D eigenvalue weighted by Gasteiger charge is 2.09. The minimum absolute atomic E-state index is 0.177. The third-order valence-corrected chi connectivity index (χ3v) is 3.08. The monoisotopic (exact) mass is 267 g/mol. The van der Waals surface area contributed by atoms with E-state index in [1.807, 2.05) is 6.92 Å². The molecule has 0 amide bonds. The van der Waals surface area contributed by atoms with Crippen LogP contribution in [0.1, 0.15) is 6.92 Å². The van der Waals surface area contributed by atoms with Gasteiger partial charge in [0.2, 0.25) is 5.95 Å². The maximum atomic E-state index is 11.2. The van der Waals surface area contributed by atoms with E-state index in [0.29, 0.717) is 16.0 Å². The molecule has 0 radical (unpaired) electrons. The van der Waals surface area contributed by atoms with E-state index in [1.165, 1.54) is 16.3 Å². The molecule has 4 N–H and O–H groups in total.